The molecule has 2 aliphatic rings. The minimum atomic E-state index is -1.01. The third-order valence-electron chi connectivity index (χ3n) is 11.0. The number of morpholine rings is 2. The Kier molecular flexibility index (Phi) is 13.3. The lowest BCUT2D eigenvalue weighted by atomic mass is 9.93. The number of nitrogens with one attached hydrogen (secondary N) is 2. The van der Waals surface area contributed by atoms with Crippen molar-refractivity contribution in [1.29, 1.82) is 0 Å². The fraction of sp³-hybridized carbons (Fsp3) is 0.304. The molecule has 4 N–H and O–H groups in total. The van der Waals surface area contributed by atoms with E-state index in [1.54, 1.807) is 24.3 Å². The van der Waals surface area contributed by atoms with Crippen LogP contribution in [0.1, 0.15) is 86.3 Å². The lowest BCUT2D eigenvalue weighted by molar-refractivity contribution is -0.172. The molecule has 0 unspecified atom stereocenters. The van der Waals surface area contributed by atoms with E-state index in [0.717, 1.165) is 44.3 Å². The summed E-state index contributed by atoms with van der Waals surface area (Å²) in [7, 11) is 0. The number of aromatic nitrogens is 2. The molecule has 0 radical (unpaired) electrons. The van der Waals surface area contributed by atoms with Crippen molar-refractivity contribution < 1.29 is 38.9 Å². The van der Waals surface area contributed by atoms with Crippen molar-refractivity contribution in [2.24, 2.45) is 0 Å². The minimum Gasteiger partial charge on any atom is -0.480 e. The highest BCUT2D eigenvalue weighted by Crippen LogP contribution is 2.44. The van der Waals surface area contributed by atoms with Crippen LogP contribution in [0, 0.1) is 0 Å². The number of hydrogen-bond acceptors (Lipinski definition) is 6. The highest BCUT2D eigenvalue weighted by molar-refractivity contribution is 6.30. The lowest BCUT2D eigenvalue weighted by Gasteiger charge is -2.43. The van der Waals surface area contributed by atoms with Gasteiger partial charge in [0.1, 0.15) is 49.6 Å². The predicted molar refractivity (Wildman–Crippen MR) is 229 cm³/mol. The molecule has 0 aliphatic carbocycles. The maximum atomic E-state index is 12.9. The van der Waals surface area contributed by atoms with Crippen LogP contribution >= 0.6 is 23.2 Å². The van der Waals surface area contributed by atoms with Gasteiger partial charge >= 0.3 is 11.9 Å². The molecule has 2 fully saturated rings. The van der Waals surface area contributed by atoms with E-state index in [0.29, 0.717) is 35.7 Å². The van der Waals surface area contributed by atoms with Gasteiger partial charge < -0.3 is 39.5 Å². The molecule has 12 nitrogen and oxygen atoms in total. The van der Waals surface area contributed by atoms with E-state index in [1.165, 1.54) is 9.80 Å². The van der Waals surface area contributed by atoms with Crippen molar-refractivity contribution in [2.45, 2.75) is 75.9 Å². The summed E-state index contributed by atoms with van der Waals surface area (Å²) in [5.41, 5.74) is 4.99. The number of amides is 2. The first-order valence-corrected chi connectivity index (χ1v) is 20.7. The second-order valence-corrected chi connectivity index (χ2v) is 15.8. The summed E-state index contributed by atoms with van der Waals surface area (Å²) in [6, 6.07) is 30.9. The van der Waals surface area contributed by atoms with Gasteiger partial charge in [-0.15, -0.1) is 0 Å². The van der Waals surface area contributed by atoms with E-state index in [-0.39, 0.29) is 25.0 Å². The van der Waals surface area contributed by atoms with Crippen LogP contribution in [0.4, 0.5) is 0 Å². The second kappa shape index (κ2) is 18.7. The quantitative estimate of drug-likeness (QED) is 0.0946. The summed E-state index contributed by atoms with van der Waals surface area (Å²) in [6.07, 6.45) is 0.980. The van der Waals surface area contributed by atoms with Gasteiger partial charge in [-0.1, -0.05) is 111 Å². The standard InChI is InChI=1S/2C23H23ClN2O4/c2*1-2-5-19(23(28)29)26-20(27)13-30-22(14-8-10-16(24)11-9-14)21(26)18-12-15-6-3-4-7-17(15)25-18/h2*3-4,6-12,19,21-22,25H,2,5,13H2,1H3,(H,28,29)/t2*19-,21-,22+/m10/s1. The third-order valence-corrected chi connectivity index (χ3v) is 11.5. The number of para-hydroxylation sites is 2. The number of hydrogen-bond donors (Lipinski definition) is 4. The van der Waals surface area contributed by atoms with Crippen molar-refractivity contribution >= 4 is 68.8 Å². The van der Waals surface area contributed by atoms with E-state index in [1.807, 2.05) is 98.8 Å². The van der Waals surface area contributed by atoms with Gasteiger partial charge in [-0.05, 0) is 83.3 Å². The predicted octanol–water partition coefficient (Wildman–Crippen LogP) is 9.43. The van der Waals surface area contributed by atoms with Crippen molar-refractivity contribution in [1.82, 2.24) is 19.8 Å². The van der Waals surface area contributed by atoms with Crippen LogP contribution in [0.3, 0.4) is 0 Å². The molecule has 312 valence electrons. The van der Waals surface area contributed by atoms with E-state index in [4.69, 9.17) is 32.7 Å². The molecule has 4 heterocycles. The van der Waals surface area contributed by atoms with Gasteiger partial charge in [-0.2, -0.15) is 0 Å². The Balaban J connectivity index is 0.000000181. The first kappa shape index (κ1) is 42.5. The summed E-state index contributed by atoms with van der Waals surface area (Å²) >= 11 is 12.1. The number of H-pyrrole nitrogens is 2. The molecule has 4 aromatic carbocycles. The Morgan fingerprint density at radius 3 is 1.33 bits per heavy atom. The number of carbonyl (C=O) groups is 4. The van der Waals surface area contributed by atoms with Crippen LogP contribution in [-0.2, 0) is 28.7 Å². The zero-order chi connectivity index (χ0) is 42.5. The Morgan fingerprint density at radius 1 is 0.633 bits per heavy atom. The van der Waals surface area contributed by atoms with Crippen molar-refractivity contribution in [3.63, 3.8) is 0 Å². The average molecular weight is 854 g/mol. The van der Waals surface area contributed by atoms with Crippen LogP contribution in [0.15, 0.2) is 109 Å². The number of nitrogens with zero attached hydrogens (tertiary/aromatic N) is 2. The molecular weight excluding hydrogens is 807 g/mol. The SMILES string of the molecule is CCC[C@@H](C(=O)O)N1C(=O)CO[C@H](c2ccc(Cl)cc2)[C@@H]1c1cc2ccccc2[nH]1.CCC[C@H](C(=O)O)N1C(=O)CO[C@@H](c2ccc(Cl)cc2)[C@H]1c1cc2ccccc2[nH]1. The molecule has 0 spiro atoms. The molecule has 6 atom stereocenters. The zero-order valence-electron chi connectivity index (χ0n) is 33.1. The number of carbonyl (C=O) groups excluding carboxylic acids is 2. The largest absolute Gasteiger partial charge is 0.480 e. The Labute approximate surface area is 357 Å². The normalized spacial score (nSPS) is 20.5. The molecule has 0 saturated carbocycles. The van der Waals surface area contributed by atoms with E-state index < -0.39 is 48.3 Å². The summed E-state index contributed by atoms with van der Waals surface area (Å²) in [4.78, 5) is 59.8. The molecule has 60 heavy (non-hydrogen) atoms. The molecule has 2 aromatic heterocycles. The second-order valence-electron chi connectivity index (χ2n) is 15.0. The zero-order valence-corrected chi connectivity index (χ0v) is 34.6. The molecule has 6 aromatic rings. The topological polar surface area (TPSA) is 165 Å². The van der Waals surface area contributed by atoms with Gasteiger partial charge in [-0.25, -0.2) is 9.59 Å². The first-order chi connectivity index (χ1) is 29.0. The number of benzene rings is 4. The minimum absolute atomic E-state index is 0.169. The van der Waals surface area contributed by atoms with Crippen LogP contribution in [0.5, 0.6) is 0 Å². The van der Waals surface area contributed by atoms with Crippen LogP contribution in [0.25, 0.3) is 21.8 Å². The highest BCUT2D eigenvalue weighted by Gasteiger charge is 2.46. The van der Waals surface area contributed by atoms with Crippen molar-refractivity contribution in [3.8, 4) is 0 Å². The molecule has 2 aliphatic heterocycles. The number of fused-ring (bicyclic) bond motifs is 2. The average Bonchev–Trinajstić information content (AvgIpc) is 3.88. The Bertz CT molecular complexity index is 2230. The summed E-state index contributed by atoms with van der Waals surface area (Å²) in [5, 5.41) is 23.0. The summed E-state index contributed by atoms with van der Waals surface area (Å²) in [6.45, 7) is 3.49. The summed E-state index contributed by atoms with van der Waals surface area (Å²) < 4.78 is 11.9. The molecule has 2 saturated heterocycles. The third kappa shape index (κ3) is 8.92. The Morgan fingerprint density at radius 2 is 1.00 bits per heavy atom. The van der Waals surface area contributed by atoms with Gasteiger partial charge in [0.2, 0.25) is 11.8 Å². The van der Waals surface area contributed by atoms with Gasteiger partial charge in [0.25, 0.3) is 0 Å². The van der Waals surface area contributed by atoms with E-state index in [2.05, 4.69) is 9.97 Å². The fourth-order valence-electron chi connectivity index (χ4n) is 8.30. The smallest absolute Gasteiger partial charge is 0.326 e. The maximum absolute atomic E-state index is 12.9. The molecule has 14 heteroatoms. The maximum Gasteiger partial charge on any atom is 0.326 e. The lowest BCUT2D eigenvalue weighted by Crippen LogP contribution is -2.53. The molecule has 0 bridgehead atoms. The first-order valence-electron chi connectivity index (χ1n) is 20.0. The van der Waals surface area contributed by atoms with E-state index in [9.17, 15) is 29.4 Å². The van der Waals surface area contributed by atoms with Gasteiger partial charge in [0, 0.05) is 32.5 Å². The molecule has 8 rings (SSSR count). The van der Waals surface area contributed by atoms with Crippen LogP contribution in [0.2, 0.25) is 10.0 Å². The van der Waals surface area contributed by atoms with Crippen molar-refractivity contribution in [3.05, 3.63) is 142 Å². The number of rotatable bonds is 12. The fourth-order valence-corrected chi connectivity index (χ4v) is 8.55. The monoisotopic (exact) mass is 852 g/mol. The van der Waals surface area contributed by atoms with E-state index >= 15 is 0 Å². The van der Waals surface area contributed by atoms with Crippen molar-refractivity contribution in [2.75, 3.05) is 13.2 Å². The number of carboxylic acid groups (broad SMARTS) is 2. The number of ether oxygens (including phenoxy) is 2. The molecule has 2 amide bonds. The number of aromatic amines is 2. The number of carboxylic acids is 2. The number of halogens is 2. The van der Waals surface area contributed by atoms with Gasteiger partial charge in [0.15, 0.2) is 0 Å². The highest BCUT2D eigenvalue weighted by atomic mass is 35.5. The Hall–Kier alpha value is -5.66. The summed E-state index contributed by atoms with van der Waals surface area (Å²) in [5.74, 6) is -2.68. The van der Waals surface area contributed by atoms with Gasteiger partial charge in [-0.3, -0.25) is 9.59 Å². The van der Waals surface area contributed by atoms with Gasteiger partial charge in [0.05, 0.1) is 0 Å². The number of aliphatic carboxylic acids is 2. The van der Waals surface area contributed by atoms with Crippen LogP contribution < -0.4 is 0 Å². The molecular formula is C46H46Cl2N4O8. The van der Waals surface area contributed by atoms with Crippen LogP contribution in [-0.4, -0.2) is 79.0 Å².